The molecule has 2 nitrogen and oxygen atoms in total. The van der Waals surface area contributed by atoms with E-state index in [0.717, 1.165) is 23.4 Å². The Kier molecular flexibility index (Phi) is 1.15. The molecule has 1 aliphatic carbocycles. The van der Waals surface area contributed by atoms with Crippen LogP contribution in [0, 0.1) is 0 Å². The summed E-state index contributed by atoms with van der Waals surface area (Å²) in [5.74, 6) is 0. The first-order valence-corrected chi connectivity index (χ1v) is 3.62. The van der Waals surface area contributed by atoms with E-state index >= 15 is 0 Å². The van der Waals surface area contributed by atoms with E-state index in [1.807, 2.05) is 18.2 Å². The van der Waals surface area contributed by atoms with E-state index in [9.17, 15) is 0 Å². The molecule has 0 saturated carbocycles. The Balaban J connectivity index is 2.71. The minimum Gasteiger partial charge on any atom is -0.398 e. The van der Waals surface area contributed by atoms with E-state index in [1.165, 1.54) is 5.56 Å². The van der Waals surface area contributed by atoms with Crippen molar-refractivity contribution < 1.29 is 0 Å². The number of rotatable bonds is 0. The molecule has 56 valence electrons. The van der Waals surface area contributed by atoms with Crippen molar-refractivity contribution in [3.05, 3.63) is 29.3 Å². The first-order chi connectivity index (χ1) is 5.29. The van der Waals surface area contributed by atoms with E-state index in [2.05, 4.69) is 6.08 Å². The van der Waals surface area contributed by atoms with Crippen molar-refractivity contribution in [2.24, 2.45) is 0 Å². The number of nitrogen functional groups attached to an aromatic ring is 2. The van der Waals surface area contributed by atoms with Crippen LogP contribution in [-0.4, -0.2) is 0 Å². The molecule has 4 N–H and O–H groups in total. The zero-order valence-corrected chi connectivity index (χ0v) is 6.17. The van der Waals surface area contributed by atoms with Gasteiger partial charge >= 0.3 is 0 Å². The molecule has 0 heterocycles. The third-order valence-corrected chi connectivity index (χ3v) is 2.03. The molecule has 11 heavy (non-hydrogen) atoms. The Morgan fingerprint density at radius 1 is 1.09 bits per heavy atom. The molecule has 1 aromatic carbocycles. The lowest BCUT2D eigenvalue weighted by Crippen LogP contribution is -1.97. The smallest absolute Gasteiger partial charge is 0.0391 e. The van der Waals surface area contributed by atoms with Gasteiger partial charge in [-0.05, 0) is 24.1 Å². The van der Waals surface area contributed by atoms with E-state index in [4.69, 9.17) is 11.5 Å². The van der Waals surface area contributed by atoms with Gasteiger partial charge < -0.3 is 11.5 Å². The highest BCUT2D eigenvalue weighted by molar-refractivity contribution is 5.77. The molecular weight excluding hydrogens is 136 g/mol. The van der Waals surface area contributed by atoms with Crippen LogP contribution in [0.1, 0.15) is 11.1 Å². The van der Waals surface area contributed by atoms with Crippen molar-refractivity contribution in [3.63, 3.8) is 0 Å². The number of allylic oxidation sites excluding steroid dienone is 1. The van der Waals surface area contributed by atoms with Gasteiger partial charge in [0.25, 0.3) is 0 Å². The second-order valence-corrected chi connectivity index (χ2v) is 2.74. The van der Waals surface area contributed by atoms with Gasteiger partial charge in [-0.2, -0.15) is 0 Å². The summed E-state index contributed by atoms with van der Waals surface area (Å²) in [5.41, 5.74) is 15.4. The topological polar surface area (TPSA) is 52.0 Å². The molecule has 0 bridgehead atoms. The number of fused-ring (bicyclic) bond motifs is 1. The highest BCUT2D eigenvalue weighted by Gasteiger charge is 2.10. The maximum absolute atomic E-state index is 5.75. The molecule has 0 unspecified atom stereocenters. The van der Waals surface area contributed by atoms with E-state index in [-0.39, 0.29) is 0 Å². The molecule has 0 fully saturated rings. The van der Waals surface area contributed by atoms with Gasteiger partial charge in [-0.1, -0.05) is 12.2 Å². The summed E-state index contributed by atoms with van der Waals surface area (Å²) < 4.78 is 0. The molecule has 1 aromatic rings. The Bertz CT molecular complexity index is 327. The normalized spacial score (nSPS) is 13.5. The molecule has 1 aliphatic rings. The van der Waals surface area contributed by atoms with Crippen LogP contribution in [0.2, 0.25) is 0 Å². The summed E-state index contributed by atoms with van der Waals surface area (Å²) in [6.45, 7) is 0. The number of hydrogen-bond donors (Lipinski definition) is 2. The quantitative estimate of drug-likeness (QED) is 0.544. The maximum atomic E-state index is 5.75. The molecule has 2 rings (SSSR count). The fourth-order valence-corrected chi connectivity index (χ4v) is 1.42. The Labute approximate surface area is 65.5 Å². The average molecular weight is 146 g/mol. The highest BCUT2D eigenvalue weighted by Crippen LogP contribution is 2.29. The Morgan fingerprint density at radius 2 is 1.82 bits per heavy atom. The molecule has 0 spiro atoms. The van der Waals surface area contributed by atoms with Crippen molar-refractivity contribution in [3.8, 4) is 0 Å². The monoisotopic (exact) mass is 146 g/mol. The minimum atomic E-state index is 0.822. The lowest BCUT2D eigenvalue weighted by molar-refractivity contribution is 1.32. The molecule has 0 atom stereocenters. The number of nitrogens with two attached hydrogens (primary N) is 2. The van der Waals surface area contributed by atoms with Gasteiger partial charge in [-0.15, -0.1) is 0 Å². The van der Waals surface area contributed by atoms with Crippen LogP contribution >= 0.6 is 0 Å². The summed E-state index contributed by atoms with van der Waals surface area (Å²) in [5, 5.41) is 0. The zero-order valence-electron chi connectivity index (χ0n) is 6.17. The van der Waals surface area contributed by atoms with Gasteiger partial charge in [-0.25, -0.2) is 0 Å². The Morgan fingerprint density at radius 3 is 2.55 bits per heavy atom. The van der Waals surface area contributed by atoms with E-state index in [0.29, 0.717) is 0 Å². The second kappa shape index (κ2) is 2.02. The fourth-order valence-electron chi connectivity index (χ4n) is 1.42. The van der Waals surface area contributed by atoms with Crippen LogP contribution in [0.4, 0.5) is 11.4 Å². The fraction of sp³-hybridized carbons (Fsp3) is 0.111. The van der Waals surface area contributed by atoms with Gasteiger partial charge in [0.05, 0.1) is 0 Å². The summed E-state index contributed by atoms with van der Waals surface area (Å²) in [6.07, 6.45) is 5.03. The van der Waals surface area contributed by atoms with Crippen LogP contribution in [-0.2, 0) is 6.42 Å². The molecule has 0 aliphatic heterocycles. The SMILES string of the molecule is Nc1ccc(N)c2c1C=CC2. The first kappa shape index (κ1) is 6.28. The van der Waals surface area contributed by atoms with Gasteiger partial charge in [0.1, 0.15) is 0 Å². The average Bonchev–Trinajstić information content (AvgIpc) is 2.45. The van der Waals surface area contributed by atoms with Crippen LogP contribution in [0.5, 0.6) is 0 Å². The van der Waals surface area contributed by atoms with E-state index in [1.54, 1.807) is 0 Å². The van der Waals surface area contributed by atoms with Gasteiger partial charge in [0.2, 0.25) is 0 Å². The minimum absolute atomic E-state index is 0.822. The summed E-state index contributed by atoms with van der Waals surface area (Å²) in [4.78, 5) is 0. The number of hydrogen-bond acceptors (Lipinski definition) is 2. The summed E-state index contributed by atoms with van der Waals surface area (Å²) in [7, 11) is 0. The molecular formula is C9H10N2. The van der Waals surface area contributed by atoms with Crippen molar-refractivity contribution in [1.82, 2.24) is 0 Å². The highest BCUT2D eigenvalue weighted by atomic mass is 14.6. The van der Waals surface area contributed by atoms with Gasteiger partial charge in [-0.3, -0.25) is 0 Å². The number of anilines is 2. The maximum Gasteiger partial charge on any atom is 0.0391 e. The molecule has 2 heteroatoms. The van der Waals surface area contributed by atoms with Crippen LogP contribution in [0.25, 0.3) is 6.08 Å². The predicted molar refractivity (Wildman–Crippen MR) is 48.0 cm³/mol. The summed E-state index contributed by atoms with van der Waals surface area (Å²) >= 11 is 0. The lowest BCUT2D eigenvalue weighted by Gasteiger charge is -2.05. The van der Waals surface area contributed by atoms with Gasteiger partial charge in [0.15, 0.2) is 0 Å². The van der Waals surface area contributed by atoms with Crippen LogP contribution < -0.4 is 11.5 Å². The lowest BCUT2D eigenvalue weighted by atomic mass is 10.1. The standard InChI is InChI=1S/C9H10N2/c10-8-4-5-9(11)7-3-1-2-6(7)8/h1-2,4-5H,3,10-11H2. The second-order valence-electron chi connectivity index (χ2n) is 2.74. The van der Waals surface area contributed by atoms with Crippen molar-refractivity contribution in [1.29, 1.82) is 0 Å². The summed E-state index contributed by atoms with van der Waals surface area (Å²) in [6, 6.07) is 3.71. The largest absolute Gasteiger partial charge is 0.398 e. The predicted octanol–water partition coefficient (Wildman–Crippen LogP) is 1.42. The molecule has 0 saturated heterocycles. The Hall–Kier alpha value is -1.44. The third-order valence-electron chi connectivity index (χ3n) is 2.03. The first-order valence-electron chi connectivity index (χ1n) is 3.62. The van der Waals surface area contributed by atoms with Crippen molar-refractivity contribution in [2.75, 3.05) is 11.5 Å². The number of benzene rings is 1. The van der Waals surface area contributed by atoms with Crippen LogP contribution in [0.3, 0.4) is 0 Å². The van der Waals surface area contributed by atoms with Gasteiger partial charge in [0, 0.05) is 16.9 Å². The van der Waals surface area contributed by atoms with E-state index < -0.39 is 0 Å². The molecule has 0 amide bonds. The van der Waals surface area contributed by atoms with Crippen LogP contribution in [0.15, 0.2) is 18.2 Å². The third kappa shape index (κ3) is 0.792. The van der Waals surface area contributed by atoms with Crippen molar-refractivity contribution in [2.45, 2.75) is 6.42 Å². The van der Waals surface area contributed by atoms with Crippen molar-refractivity contribution >= 4 is 17.5 Å². The molecule has 0 radical (unpaired) electrons. The molecule has 0 aromatic heterocycles. The zero-order chi connectivity index (χ0) is 7.84.